The number of ketones is 1. The molecule has 6 nitrogen and oxygen atoms in total. The van der Waals surface area contributed by atoms with E-state index in [0.29, 0.717) is 23.5 Å². The van der Waals surface area contributed by atoms with Gasteiger partial charge in [0, 0.05) is 41.4 Å². The molecule has 0 saturated carbocycles. The molecule has 3 aromatic carbocycles. The van der Waals surface area contributed by atoms with Gasteiger partial charge in [-0.25, -0.2) is 0 Å². The van der Waals surface area contributed by atoms with Crippen molar-refractivity contribution >= 4 is 33.6 Å². The van der Waals surface area contributed by atoms with E-state index in [4.69, 9.17) is 9.47 Å². The van der Waals surface area contributed by atoms with E-state index in [9.17, 15) is 15.0 Å². The number of aliphatic hydroxyl groups is 2. The largest absolute Gasteiger partial charge is 0.507 e. The number of hydrogen-bond donors (Lipinski definition) is 3. The number of carbonyl (C=O) groups excluding carboxylic acids is 1. The van der Waals surface area contributed by atoms with Crippen molar-refractivity contribution in [3.05, 3.63) is 123 Å². The Balaban J connectivity index is 0.000000310. The Hall–Kier alpha value is -4.81. The summed E-state index contributed by atoms with van der Waals surface area (Å²) in [6, 6.07) is 19.9. The second-order valence-corrected chi connectivity index (χ2v) is 11.1. The molecule has 0 bridgehead atoms. The van der Waals surface area contributed by atoms with Crippen LogP contribution in [0.1, 0.15) is 30.0 Å². The van der Waals surface area contributed by atoms with Gasteiger partial charge in [-0.1, -0.05) is 55.5 Å². The van der Waals surface area contributed by atoms with Crippen molar-refractivity contribution in [1.29, 1.82) is 0 Å². The van der Waals surface area contributed by atoms with Crippen LogP contribution >= 0.6 is 0 Å². The zero-order valence-electron chi connectivity index (χ0n) is 24.6. The number of aliphatic hydroxyl groups excluding tert-OH is 2. The van der Waals surface area contributed by atoms with Gasteiger partial charge in [0.2, 0.25) is 0 Å². The Morgan fingerprint density at radius 3 is 2.53 bits per heavy atom. The SMILES string of the molecule is COc1ccc(CC2=c3ccc4c(c3C(O)=CC2=O)CCC2=CC(C)C(CO)=CC=42)c(OC)c1.c1ccc2[nH]ccc2c1. The number of aromatic nitrogens is 1. The molecule has 0 amide bonds. The molecule has 1 unspecified atom stereocenters. The Morgan fingerprint density at radius 1 is 0.953 bits per heavy atom. The number of methoxy groups -OCH3 is 2. The molecule has 43 heavy (non-hydrogen) atoms. The number of rotatable bonds is 5. The van der Waals surface area contributed by atoms with Gasteiger partial charge in [0.05, 0.1) is 20.8 Å². The van der Waals surface area contributed by atoms with Gasteiger partial charge in [-0.05, 0) is 80.6 Å². The van der Waals surface area contributed by atoms with Crippen LogP contribution in [0.4, 0.5) is 0 Å². The molecule has 1 aromatic heterocycles. The van der Waals surface area contributed by atoms with Crippen LogP contribution in [0.15, 0.2) is 96.2 Å². The lowest BCUT2D eigenvalue weighted by molar-refractivity contribution is -0.109. The smallest absolute Gasteiger partial charge is 0.186 e. The van der Waals surface area contributed by atoms with Crippen LogP contribution in [0, 0.1) is 5.92 Å². The predicted molar refractivity (Wildman–Crippen MR) is 170 cm³/mol. The average molecular weight is 574 g/mol. The van der Waals surface area contributed by atoms with Crippen LogP contribution in [0.5, 0.6) is 11.5 Å². The minimum absolute atomic E-state index is 0.0193. The average Bonchev–Trinajstić information content (AvgIpc) is 3.51. The number of benzene rings is 3. The monoisotopic (exact) mass is 573 g/mol. The molecule has 7 rings (SSSR count). The summed E-state index contributed by atoms with van der Waals surface area (Å²) in [5, 5.41) is 23.8. The molecular formula is C37H35NO5. The molecule has 3 aliphatic carbocycles. The minimum atomic E-state index is -0.194. The minimum Gasteiger partial charge on any atom is -0.507 e. The number of fused-ring (bicyclic) bond motifs is 5. The van der Waals surface area contributed by atoms with Crippen LogP contribution < -0.4 is 19.9 Å². The van der Waals surface area contributed by atoms with E-state index in [1.165, 1.54) is 22.6 Å². The normalized spacial score (nSPS) is 17.1. The number of allylic oxidation sites excluding steroid dienone is 4. The first-order valence-electron chi connectivity index (χ1n) is 14.5. The van der Waals surface area contributed by atoms with Crippen molar-refractivity contribution in [2.75, 3.05) is 20.8 Å². The predicted octanol–water partition coefficient (Wildman–Crippen LogP) is 5.34. The molecule has 3 N–H and O–H groups in total. The van der Waals surface area contributed by atoms with Crippen LogP contribution in [0.2, 0.25) is 0 Å². The third-order valence-electron chi connectivity index (χ3n) is 8.61. The van der Waals surface area contributed by atoms with E-state index >= 15 is 0 Å². The standard InChI is InChI=1S/C29H28O5.C8H7N/c1-16-10-17-5-7-22-21(24(17)12-19(16)15-30)8-9-23-25(26(31)14-27(32)29(22)23)11-18-4-6-20(33-2)13-28(18)34-3;1-2-4-8-7(3-1)5-6-9-8/h4,6,8-10,12-14,16,30,32H,5,7,11,15H2,1-3H3;1-6,9H. The van der Waals surface area contributed by atoms with Gasteiger partial charge in [0.15, 0.2) is 5.78 Å². The highest BCUT2D eigenvalue weighted by Gasteiger charge is 2.27. The highest BCUT2D eigenvalue weighted by Crippen LogP contribution is 2.34. The van der Waals surface area contributed by atoms with E-state index in [1.807, 2.05) is 42.6 Å². The lowest BCUT2D eigenvalue weighted by Crippen LogP contribution is -2.32. The molecule has 1 heterocycles. The lowest BCUT2D eigenvalue weighted by atomic mass is 9.78. The quantitative estimate of drug-likeness (QED) is 0.300. The molecule has 0 spiro atoms. The maximum absolute atomic E-state index is 13.0. The zero-order valence-corrected chi connectivity index (χ0v) is 24.6. The first kappa shape index (κ1) is 28.3. The van der Waals surface area contributed by atoms with Crippen molar-refractivity contribution in [1.82, 2.24) is 4.98 Å². The number of hydrogen-bond acceptors (Lipinski definition) is 5. The summed E-state index contributed by atoms with van der Waals surface area (Å²) >= 11 is 0. The van der Waals surface area contributed by atoms with Crippen LogP contribution in [0.25, 0.3) is 27.8 Å². The maximum atomic E-state index is 13.0. The van der Waals surface area contributed by atoms with Gasteiger partial charge < -0.3 is 24.7 Å². The van der Waals surface area contributed by atoms with Crippen LogP contribution in [-0.4, -0.2) is 41.8 Å². The summed E-state index contributed by atoms with van der Waals surface area (Å²) in [5.41, 5.74) is 7.87. The fraction of sp³-hybridized carbons (Fsp3) is 0.216. The number of ether oxygens (including phenoxy) is 2. The molecule has 0 saturated heterocycles. The molecule has 4 aromatic rings. The number of carbonyl (C=O) groups is 1. The third-order valence-corrected chi connectivity index (χ3v) is 8.61. The van der Waals surface area contributed by atoms with Crippen LogP contribution in [-0.2, 0) is 17.6 Å². The Bertz CT molecular complexity index is 1930. The summed E-state index contributed by atoms with van der Waals surface area (Å²) in [5.74, 6) is 1.38. The number of aromatic amines is 1. The molecule has 1 atom stereocenters. The first-order valence-corrected chi connectivity index (χ1v) is 14.5. The summed E-state index contributed by atoms with van der Waals surface area (Å²) in [4.78, 5) is 16.1. The van der Waals surface area contributed by atoms with Crippen molar-refractivity contribution in [3.63, 3.8) is 0 Å². The highest BCUT2D eigenvalue weighted by atomic mass is 16.5. The maximum Gasteiger partial charge on any atom is 0.186 e. The van der Waals surface area contributed by atoms with Crippen LogP contribution in [0.3, 0.4) is 0 Å². The lowest BCUT2D eigenvalue weighted by Gasteiger charge is -2.27. The Morgan fingerprint density at radius 2 is 1.77 bits per heavy atom. The van der Waals surface area contributed by atoms with E-state index < -0.39 is 0 Å². The second-order valence-electron chi connectivity index (χ2n) is 11.1. The first-order chi connectivity index (χ1) is 20.9. The summed E-state index contributed by atoms with van der Waals surface area (Å²) in [7, 11) is 3.20. The molecular weight excluding hydrogens is 538 g/mol. The van der Waals surface area contributed by atoms with E-state index in [2.05, 4.69) is 48.3 Å². The highest BCUT2D eigenvalue weighted by molar-refractivity contribution is 6.25. The molecule has 0 fully saturated rings. The number of nitrogens with one attached hydrogen (secondary N) is 1. The Labute approximate surface area is 250 Å². The van der Waals surface area contributed by atoms with E-state index in [1.54, 1.807) is 14.2 Å². The molecule has 218 valence electrons. The summed E-state index contributed by atoms with van der Waals surface area (Å²) in [6.07, 6.45) is 9.64. The number of H-pyrrole nitrogens is 1. The topological polar surface area (TPSA) is 91.8 Å². The fourth-order valence-electron chi connectivity index (χ4n) is 6.31. The summed E-state index contributed by atoms with van der Waals surface area (Å²) < 4.78 is 10.8. The van der Waals surface area contributed by atoms with Gasteiger partial charge in [-0.3, -0.25) is 4.79 Å². The third kappa shape index (κ3) is 5.30. The molecule has 6 heteroatoms. The summed E-state index contributed by atoms with van der Waals surface area (Å²) in [6.45, 7) is 2.12. The molecule has 0 aliphatic heterocycles. The van der Waals surface area contributed by atoms with E-state index in [0.717, 1.165) is 51.1 Å². The van der Waals surface area contributed by atoms with Crippen molar-refractivity contribution < 1.29 is 24.5 Å². The number of para-hydroxylation sites is 1. The van der Waals surface area contributed by atoms with Gasteiger partial charge in [-0.2, -0.15) is 0 Å². The molecule has 0 radical (unpaired) electrons. The van der Waals surface area contributed by atoms with Gasteiger partial charge in [0.1, 0.15) is 17.3 Å². The molecule has 3 aliphatic rings. The van der Waals surface area contributed by atoms with Crippen molar-refractivity contribution in [2.45, 2.75) is 26.2 Å². The van der Waals surface area contributed by atoms with Gasteiger partial charge in [-0.15, -0.1) is 0 Å². The Kier molecular flexibility index (Phi) is 7.78. The van der Waals surface area contributed by atoms with Crippen molar-refractivity contribution in [2.24, 2.45) is 5.92 Å². The zero-order chi connectivity index (χ0) is 30.1. The second kappa shape index (κ2) is 11.8. The van der Waals surface area contributed by atoms with Crippen molar-refractivity contribution in [3.8, 4) is 11.5 Å². The fourth-order valence-corrected chi connectivity index (χ4v) is 6.31. The van der Waals surface area contributed by atoms with Gasteiger partial charge >= 0.3 is 0 Å². The van der Waals surface area contributed by atoms with Gasteiger partial charge in [0.25, 0.3) is 0 Å². The van der Waals surface area contributed by atoms with E-state index in [-0.39, 0.29) is 24.1 Å².